The van der Waals surface area contributed by atoms with Crippen LogP contribution in [0.3, 0.4) is 0 Å². The summed E-state index contributed by atoms with van der Waals surface area (Å²) < 4.78 is 12.2. The molecule has 1 saturated carbocycles. The van der Waals surface area contributed by atoms with Crippen LogP contribution in [0.25, 0.3) is 0 Å². The van der Waals surface area contributed by atoms with Gasteiger partial charge in [-0.25, -0.2) is 0 Å². The molecule has 2 aliphatic heterocycles. The zero-order valence-corrected chi connectivity index (χ0v) is 14.5. The zero-order chi connectivity index (χ0) is 17.9. The standard InChI is InChI=1S/C18H16N4O2S/c1-11-5-7-25-13(11)14-16(8-19,9-20)17(10-21)12-4-2-3-6-18(12,23-14)24-15(17)22/h5,7,12,14,22H,2-4,6H2,1H3. The summed E-state index contributed by atoms with van der Waals surface area (Å²) in [6.07, 6.45) is 2.01. The van der Waals surface area contributed by atoms with Gasteiger partial charge in [0.2, 0.25) is 17.1 Å². The van der Waals surface area contributed by atoms with E-state index < -0.39 is 28.6 Å². The van der Waals surface area contributed by atoms with Crippen LogP contribution in [0, 0.1) is 63.1 Å². The van der Waals surface area contributed by atoms with E-state index in [4.69, 9.17) is 14.9 Å². The topological polar surface area (TPSA) is 114 Å². The number of hydrogen-bond donors (Lipinski definition) is 1. The molecule has 126 valence electrons. The van der Waals surface area contributed by atoms with E-state index in [-0.39, 0.29) is 5.90 Å². The molecule has 3 fully saturated rings. The van der Waals surface area contributed by atoms with Crippen molar-refractivity contribution in [1.29, 1.82) is 21.2 Å². The molecule has 0 radical (unpaired) electrons. The molecule has 0 aromatic carbocycles. The monoisotopic (exact) mass is 352 g/mol. The highest BCUT2D eigenvalue weighted by Gasteiger charge is 2.80. The van der Waals surface area contributed by atoms with Gasteiger partial charge in [0.1, 0.15) is 6.10 Å². The van der Waals surface area contributed by atoms with E-state index in [9.17, 15) is 15.8 Å². The lowest BCUT2D eigenvalue weighted by atomic mass is 9.52. The average Bonchev–Trinajstić information content (AvgIpc) is 3.13. The van der Waals surface area contributed by atoms with Crippen molar-refractivity contribution in [2.75, 3.05) is 0 Å². The van der Waals surface area contributed by atoms with Crippen LogP contribution >= 0.6 is 11.3 Å². The first-order valence-corrected chi connectivity index (χ1v) is 9.13. The third-order valence-corrected chi connectivity index (χ3v) is 7.02. The second kappa shape index (κ2) is 5.05. The van der Waals surface area contributed by atoms with Gasteiger partial charge in [-0.3, -0.25) is 5.41 Å². The molecular weight excluding hydrogens is 336 g/mol. The van der Waals surface area contributed by atoms with Gasteiger partial charge in [-0.2, -0.15) is 15.8 Å². The predicted molar refractivity (Wildman–Crippen MR) is 88.1 cm³/mol. The molecule has 1 N–H and O–H groups in total. The van der Waals surface area contributed by atoms with Crippen LogP contribution < -0.4 is 0 Å². The predicted octanol–water partition coefficient (Wildman–Crippen LogP) is 3.57. The fourth-order valence-corrected chi connectivity index (χ4v) is 5.77. The summed E-state index contributed by atoms with van der Waals surface area (Å²) in [6.45, 7) is 1.90. The Morgan fingerprint density at radius 1 is 1.24 bits per heavy atom. The molecule has 4 rings (SSSR count). The minimum atomic E-state index is -1.81. The number of aryl methyl sites for hydroxylation is 1. The lowest BCUT2D eigenvalue weighted by molar-refractivity contribution is -0.294. The fourth-order valence-electron chi connectivity index (χ4n) is 4.75. The van der Waals surface area contributed by atoms with Gasteiger partial charge in [0, 0.05) is 11.3 Å². The average molecular weight is 352 g/mol. The molecule has 3 heterocycles. The van der Waals surface area contributed by atoms with Crippen LogP contribution in [0.2, 0.25) is 0 Å². The Bertz CT molecular complexity index is 874. The second-order valence-corrected chi connectivity index (χ2v) is 7.91. The summed E-state index contributed by atoms with van der Waals surface area (Å²) in [5.41, 5.74) is -2.50. The summed E-state index contributed by atoms with van der Waals surface area (Å²) in [6, 6.07) is 8.27. The second-order valence-electron chi connectivity index (χ2n) is 6.96. The fraction of sp³-hybridized carbons (Fsp3) is 0.556. The Balaban J connectivity index is 2.03. The van der Waals surface area contributed by atoms with Gasteiger partial charge in [-0.15, -0.1) is 11.3 Å². The molecule has 0 amide bonds. The van der Waals surface area contributed by atoms with Crippen molar-refractivity contribution in [3.05, 3.63) is 21.9 Å². The molecule has 25 heavy (non-hydrogen) atoms. The summed E-state index contributed by atoms with van der Waals surface area (Å²) in [7, 11) is 0. The lowest BCUT2D eigenvalue weighted by Crippen LogP contribution is -2.60. The molecule has 4 atom stereocenters. The first-order valence-electron chi connectivity index (χ1n) is 8.25. The number of hydrogen-bond acceptors (Lipinski definition) is 7. The molecule has 0 spiro atoms. The van der Waals surface area contributed by atoms with Gasteiger partial charge in [0.05, 0.1) is 24.1 Å². The number of nitriles is 3. The van der Waals surface area contributed by atoms with E-state index >= 15 is 0 Å². The molecule has 1 aliphatic carbocycles. The van der Waals surface area contributed by atoms with Crippen molar-refractivity contribution < 1.29 is 9.47 Å². The smallest absolute Gasteiger partial charge is 0.217 e. The largest absolute Gasteiger partial charge is 0.447 e. The first kappa shape index (κ1) is 16.1. The van der Waals surface area contributed by atoms with Crippen molar-refractivity contribution in [2.24, 2.45) is 16.7 Å². The van der Waals surface area contributed by atoms with Gasteiger partial charge in [-0.05, 0) is 36.8 Å². The highest BCUT2D eigenvalue weighted by molar-refractivity contribution is 7.10. The van der Waals surface area contributed by atoms with Gasteiger partial charge in [-0.1, -0.05) is 6.42 Å². The van der Waals surface area contributed by atoms with E-state index in [0.717, 1.165) is 23.3 Å². The molecule has 1 aromatic rings. The van der Waals surface area contributed by atoms with Gasteiger partial charge >= 0.3 is 0 Å². The molecule has 6 nitrogen and oxygen atoms in total. The Labute approximate surface area is 149 Å². The summed E-state index contributed by atoms with van der Waals surface area (Å²) in [5, 5.41) is 40.6. The number of thiophene rings is 1. The highest BCUT2D eigenvalue weighted by atomic mass is 32.1. The van der Waals surface area contributed by atoms with Gasteiger partial charge in [0.25, 0.3) is 0 Å². The van der Waals surface area contributed by atoms with Crippen LogP contribution in [-0.4, -0.2) is 11.7 Å². The van der Waals surface area contributed by atoms with Crippen molar-refractivity contribution >= 4 is 17.2 Å². The van der Waals surface area contributed by atoms with Crippen molar-refractivity contribution in [1.82, 2.24) is 0 Å². The van der Waals surface area contributed by atoms with E-state index in [0.29, 0.717) is 12.8 Å². The molecular formula is C18H16N4O2S. The van der Waals surface area contributed by atoms with Gasteiger partial charge < -0.3 is 9.47 Å². The third kappa shape index (κ3) is 1.62. The van der Waals surface area contributed by atoms with E-state index in [1.807, 2.05) is 18.4 Å². The van der Waals surface area contributed by atoms with Gasteiger partial charge in [0.15, 0.2) is 5.41 Å². The minimum Gasteiger partial charge on any atom is -0.447 e. The van der Waals surface area contributed by atoms with Crippen LogP contribution in [0.15, 0.2) is 11.4 Å². The van der Waals surface area contributed by atoms with Crippen LogP contribution in [0.1, 0.15) is 42.2 Å². The Hall–Kier alpha value is -2.40. The number of nitrogens with one attached hydrogen (secondary N) is 1. The van der Waals surface area contributed by atoms with Crippen LogP contribution in [-0.2, 0) is 9.47 Å². The highest BCUT2D eigenvalue weighted by Crippen LogP contribution is 2.69. The summed E-state index contributed by atoms with van der Waals surface area (Å²) in [5.74, 6) is -1.84. The molecule has 1 aromatic heterocycles. The Morgan fingerprint density at radius 2 is 2.00 bits per heavy atom. The normalized spacial score (nSPS) is 37.9. The Morgan fingerprint density at radius 3 is 2.60 bits per heavy atom. The Kier molecular flexibility index (Phi) is 3.25. The lowest BCUT2D eigenvalue weighted by Gasteiger charge is -2.51. The molecule has 7 heteroatoms. The molecule has 2 bridgehead atoms. The van der Waals surface area contributed by atoms with Crippen molar-refractivity contribution in [3.63, 3.8) is 0 Å². The molecule has 2 saturated heterocycles. The van der Waals surface area contributed by atoms with E-state index in [1.54, 1.807) is 0 Å². The maximum Gasteiger partial charge on any atom is 0.217 e. The number of nitrogens with zero attached hydrogens (tertiary/aromatic N) is 3. The molecule has 3 aliphatic rings. The quantitative estimate of drug-likeness (QED) is 0.830. The van der Waals surface area contributed by atoms with Crippen molar-refractivity contribution in [3.8, 4) is 18.2 Å². The SMILES string of the molecule is Cc1ccsc1C1OC23CCCCC2C(C#N)(C(=N)O3)C1(C#N)C#N. The third-order valence-electron chi connectivity index (χ3n) is 5.96. The van der Waals surface area contributed by atoms with E-state index in [1.165, 1.54) is 11.3 Å². The van der Waals surface area contributed by atoms with Crippen LogP contribution in [0.5, 0.6) is 0 Å². The molecule has 4 unspecified atom stereocenters. The maximum atomic E-state index is 10.1. The zero-order valence-electron chi connectivity index (χ0n) is 13.7. The number of ether oxygens (including phenoxy) is 2. The maximum absolute atomic E-state index is 10.1. The first-order chi connectivity index (χ1) is 12.0. The summed E-state index contributed by atoms with van der Waals surface area (Å²) >= 11 is 1.40. The van der Waals surface area contributed by atoms with Crippen molar-refractivity contribution in [2.45, 2.75) is 44.5 Å². The van der Waals surface area contributed by atoms with E-state index in [2.05, 4.69) is 18.2 Å². The summed E-state index contributed by atoms with van der Waals surface area (Å²) in [4.78, 5) is 0.754. The minimum absolute atomic E-state index is 0.290. The van der Waals surface area contributed by atoms with Crippen LogP contribution in [0.4, 0.5) is 0 Å². The number of rotatable bonds is 1.